The van der Waals surface area contributed by atoms with Crippen molar-refractivity contribution in [3.05, 3.63) is 0 Å². The maximum absolute atomic E-state index is 13.6. The van der Waals surface area contributed by atoms with Crippen molar-refractivity contribution >= 4 is 10.1 Å². The molecule has 0 aromatic rings. The Hall–Kier alpha value is -1.36. The van der Waals surface area contributed by atoms with Crippen molar-refractivity contribution < 1.29 is 96.7 Å². The number of unbranched alkanes of at least 4 members (excludes halogenated alkanes) is 3. The van der Waals surface area contributed by atoms with Crippen LogP contribution in [0.4, 0.5) is 74.6 Å². The largest absolute Gasteiger partial charge is 0.460 e. The predicted octanol–water partition coefficient (Wildman–Crippen LogP) is 6.83. The van der Waals surface area contributed by atoms with Crippen LogP contribution in [0.3, 0.4) is 0 Å². The van der Waals surface area contributed by atoms with E-state index in [1.54, 1.807) is 6.92 Å². The Morgan fingerprint density at radius 2 is 1.00 bits per heavy atom. The standard InChI is InChI=1S/C16H17F17O5S/c1-2-3-4-5-6-36-7-8-37-14(28,29)10(19,20)11(21,22)15(30,31)38-39(34,35)16(32,33)12(23,24)9(17,18)13(25,26)27/h2-8H2,1H3. The van der Waals surface area contributed by atoms with Crippen molar-refractivity contribution in [1.82, 2.24) is 0 Å². The molecule has 0 aromatic carbocycles. The van der Waals surface area contributed by atoms with E-state index in [2.05, 4.69) is 9.47 Å². The SMILES string of the molecule is CCCCCCOCCOC(F)(F)C(F)(F)C(F)(F)C(F)(F)OS(=O)(=O)C(F)(F)C(F)(F)C(F)(F)C(F)(F)F. The number of alkyl halides is 17. The molecule has 0 radical (unpaired) electrons. The summed E-state index contributed by atoms with van der Waals surface area (Å²) in [7, 11) is -8.87. The summed E-state index contributed by atoms with van der Waals surface area (Å²) in [4.78, 5) is 0. The average molecular weight is 644 g/mol. The lowest BCUT2D eigenvalue weighted by molar-refractivity contribution is -0.451. The number of rotatable bonds is 17. The second-order valence-corrected chi connectivity index (χ2v) is 8.99. The monoisotopic (exact) mass is 644 g/mol. The molecule has 39 heavy (non-hydrogen) atoms. The molecule has 0 unspecified atom stereocenters. The highest BCUT2D eigenvalue weighted by Crippen LogP contribution is 2.58. The number of hydrogen-bond acceptors (Lipinski definition) is 5. The third-order valence-electron chi connectivity index (χ3n) is 4.42. The molecule has 0 aliphatic heterocycles. The molecule has 0 atom stereocenters. The third kappa shape index (κ3) is 7.11. The van der Waals surface area contributed by atoms with Crippen LogP contribution >= 0.6 is 0 Å². The first kappa shape index (κ1) is 37.6. The summed E-state index contributed by atoms with van der Waals surface area (Å²) in [6.45, 7) is -1.17. The topological polar surface area (TPSA) is 61.8 Å². The van der Waals surface area contributed by atoms with Crippen molar-refractivity contribution in [2.75, 3.05) is 19.8 Å². The minimum absolute atomic E-state index is 0.197. The van der Waals surface area contributed by atoms with Gasteiger partial charge in [-0.15, -0.1) is 0 Å². The third-order valence-corrected chi connectivity index (χ3v) is 5.74. The molecular formula is C16H17F17O5S. The van der Waals surface area contributed by atoms with Gasteiger partial charge in [0.05, 0.1) is 13.2 Å². The molecule has 0 heterocycles. The molecule has 0 fully saturated rings. The zero-order valence-electron chi connectivity index (χ0n) is 18.8. The van der Waals surface area contributed by atoms with Gasteiger partial charge in [0.25, 0.3) is 0 Å². The normalized spacial score (nSPS) is 15.6. The molecule has 0 bridgehead atoms. The van der Waals surface area contributed by atoms with Gasteiger partial charge in [-0.05, 0) is 6.42 Å². The van der Waals surface area contributed by atoms with Gasteiger partial charge in [0, 0.05) is 6.61 Å². The minimum atomic E-state index is -8.87. The summed E-state index contributed by atoms with van der Waals surface area (Å²) < 4.78 is 254. The van der Waals surface area contributed by atoms with Crippen LogP contribution in [-0.2, 0) is 23.8 Å². The van der Waals surface area contributed by atoms with Gasteiger partial charge in [-0.2, -0.15) is 87.2 Å². The van der Waals surface area contributed by atoms with E-state index in [9.17, 15) is 83.1 Å². The van der Waals surface area contributed by atoms with Crippen LogP contribution in [-0.4, -0.2) is 75.6 Å². The smallest absolute Gasteiger partial charge is 0.379 e. The molecule has 0 spiro atoms. The van der Waals surface area contributed by atoms with Gasteiger partial charge in [0.15, 0.2) is 0 Å². The van der Waals surface area contributed by atoms with Crippen molar-refractivity contribution in [2.45, 2.75) is 79.9 Å². The lowest BCUT2D eigenvalue weighted by Gasteiger charge is -2.37. The van der Waals surface area contributed by atoms with Crippen LogP contribution in [0, 0.1) is 0 Å². The zero-order chi connectivity index (χ0) is 31.6. The van der Waals surface area contributed by atoms with Crippen LogP contribution < -0.4 is 0 Å². The molecule has 0 rings (SSSR count). The van der Waals surface area contributed by atoms with Gasteiger partial charge < -0.3 is 9.47 Å². The van der Waals surface area contributed by atoms with E-state index in [1.165, 1.54) is 4.18 Å². The van der Waals surface area contributed by atoms with Crippen molar-refractivity contribution in [3.63, 3.8) is 0 Å². The Morgan fingerprint density at radius 3 is 1.44 bits per heavy atom. The van der Waals surface area contributed by atoms with Crippen LogP contribution in [0.1, 0.15) is 32.6 Å². The molecule has 0 aliphatic rings. The van der Waals surface area contributed by atoms with Gasteiger partial charge in [0.1, 0.15) is 0 Å². The molecule has 0 saturated carbocycles. The van der Waals surface area contributed by atoms with E-state index in [4.69, 9.17) is 0 Å². The highest BCUT2D eigenvalue weighted by molar-refractivity contribution is 7.87. The van der Waals surface area contributed by atoms with E-state index in [0.29, 0.717) is 19.3 Å². The second kappa shape index (κ2) is 11.9. The summed E-state index contributed by atoms with van der Waals surface area (Å²) in [5.41, 5.74) is 0. The Labute approximate surface area is 207 Å². The van der Waals surface area contributed by atoms with Gasteiger partial charge in [-0.1, -0.05) is 26.2 Å². The van der Waals surface area contributed by atoms with Gasteiger partial charge >= 0.3 is 57.5 Å². The van der Waals surface area contributed by atoms with Gasteiger partial charge in [0.2, 0.25) is 0 Å². The van der Waals surface area contributed by atoms with E-state index in [-0.39, 0.29) is 6.61 Å². The molecule has 0 amide bonds. The van der Waals surface area contributed by atoms with E-state index in [0.717, 1.165) is 6.42 Å². The summed E-state index contributed by atoms with van der Waals surface area (Å²) in [6, 6.07) is 0. The Kier molecular flexibility index (Phi) is 11.4. The highest BCUT2D eigenvalue weighted by atomic mass is 32.2. The predicted molar refractivity (Wildman–Crippen MR) is 91.6 cm³/mol. The highest BCUT2D eigenvalue weighted by Gasteiger charge is 2.88. The van der Waals surface area contributed by atoms with Crippen LogP contribution in [0.25, 0.3) is 0 Å². The molecule has 0 saturated heterocycles. The van der Waals surface area contributed by atoms with Crippen molar-refractivity contribution in [2.24, 2.45) is 0 Å². The Balaban J connectivity index is 5.92. The number of ether oxygens (including phenoxy) is 2. The number of hydrogen-bond donors (Lipinski definition) is 0. The van der Waals surface area contributed by atoms with Crippen molar-refractivity contribution in [1.29, 1.82) is 0 Å². The molecule has 5 nitrogen and oxygen atoms in total. The second-order valence-electron chi connectivity index (χ2n) is 7.40. The number of halogens is 17. The fourth-order valence-electron chi connectivity index (χ4n) is 2.18. The summed E-state index contributed by atoms with van der Waals surface area (Å²) in [6.07, 6.45) is -20.1. The fourth-order valence-corrected chi connectivity index (χ4v) is 3.11. The Morgan fingerprint density at radius 1 is 0.538 bits per heavy atom. The molecule has 0 aromatic heterocycles. The lowest BCUT2D eigenvalue weighted by Crippen LogP contribution is -2.67. The maximum Gasteiger partial charge on any atom is 0.460 e. The molecular weight excluding hydrogens is 627 g/mol. The molecule has 23 heteroatoms. The van der Waals surface area contributed by atoms with Crippen LogP contribution in [0.2, 0.25) is 0 Å². The quantitative estimate of drug-likeness (QED) is 0.0988. The lowest BCUT2D eigenvalue weighted by atomic mass is 10.1. The first-order valence-electron chi connectivity index (χ1n) is 9.90. The van der Waals surface area contributed by atoms with E-state index < -0.39 is 70.7 Å². The maximum atomic E-state index is 13.6. The van der Waals surface area contributed by atoms with Crippen LogP contribution in [0.15, 0.2) is 0 Å². The molecule has 0 N–H and O–H groups in total. The van der Waals surface area contributed by atoms with E-state index in [1.807, 2.05) is 0 Å². The minimum Gasteiger partial charge on any atom is -0.379 e. The van der Waals surface area contributed by atoms with Crippen molar-refractivity contribution in [3.8, 4) is 0 Å². The Bertz CT molecular complexity index is 901. The molecule has 236 valence electrons. The summed E-state index contributed by atoms with van der Waals surface area (Å²) >= 11 is 0. The summed E-state index contributed by atoms with van der Waals surface area (Å²) in [5.74, 6) is -32.0. The first-order valence-corrected chi connectivity index (χ1v) is 11.3. The zero-order valence-corrected chi connectivity index (χ0v) is 19.6. The van der Waals surface area contributed by atoms with Gasteiger partial charge in [-0.25, -0.2) is 0 Å². The summed E-state index contributed by atoms with van der Waals surface area (Å²) in [5, 5.41) is -8.19. The first-order chi connectivity index (χ1) is 17.0. The average Bonchev–Trinajstić information content (AvgIpc) is 2.73. The van der Waals surface area contributed by atoms with Crippen LogP contribution in [0.5, 0.6) is 0 Å². The fraction of sp³-hybridized carbons (Fsp3) is 1.00. The molecule has 0 aliphatic carbocycles. The van der Waals surface area contributed by atoms with E-state index >= 15 is 0 Å². The van der Waals surface area contributed by atoms with Gasteiger partial charge in [-0.3, -0.25) is 0 Å².